The lowest BCUT2D eigenvalue weighted by atomic mass is 9.93. The van der Waals surface area contributed by atoms with E-state index in [0.717, 1.165) is 30.0 Å². The van der Waals surface area contributed by atoms with Gasteiger partial charge in [0.15, 0.2) is 0 Å². The summed E-state index contributed by atoms with van der Waals surface area (Å²) in [5.41, 5.74) is 3.13. The van der Waals surface area contributed by atoms with Gasteiger partial charge in [0.05, 0.1) is 38.5 Å². The van der Waals surface area contributed by atoms with Crippen molar-refractivity contribution in [3.63, 3.8) is 0 Å². The van der Waals surface area contributed by atoms with Crippen LogP contribution >= 0.6 is 0 Å². The second-order valence-electron chi connectivity index (χ2n) is 5.74. The molecule has 2 aliphatic rings. The van der Waals surface area contributed by atoms with Crippen molar-refractivity contribution >= 4 is 17.3 Å². The molecule has 8 nitrogen and oxygen atoms in total. The van der Waals surface area contributed by atoms with Crippen molar-refractivity contribution < 1.29 is 38.4 Å². The number of para-hydroxylation sites is 2. The third-order valence-electron chi connectivity index (χ3n) is 4.12. The first-order chi connectivity index (χ1) is 11.6. The number of ether oxygens (including phenoxy) is 1. The molecule has 0 radical (unpaired) electrons. The molecule has 2 heterocycles. The zero-order valence-corrected chi connectivity index (χ0v) is 15.0. The summed E-state index contributed by atoms with van der Waals surface area (Å²) in [5.74, 6) is 1.04. The Morgan fingerprint density at radius 1 is 1.32 bits per heavy atom. The van der Waals surface area contributed by atoms with Crippen molar-refractivity contribution in [1.29, 1.82) is 0 Å². The monoisotopic (exact) mass is 372 g/mol. The fourth-order valence-corrected chi connectivity index (χ4v) is 3.13. The highest BCUT2D eigenvalue weighted by Gasteiger charge is 2.38. The number of anilines is 2. The summed E-state index contributed by atoms with van der Waals surface area (Å²) in [5, 5.41) is 0. The smallest absolute Gasteiger partial charge is 0.337 e. The molecule has 1 aromatic carbocycles. The van der Waals surface area contributed by atoms with Crippen molar-refractivity contribution in [1.82, 2.24) is 0 Å². The molecule has 1 unspecified atom stereocenters. The van der Waals surface area contributed by atoms with Gasteiger partial charge in [-0.15, -0.1) is 0 Å². The second kappa shape index (κ2) is 7.59. The molecule has 0 aromatic heterocycles. The van der Waals surface area contributed by atoms with Gasteiger partial charge >= 0.3 is 5.97 Å². The lowest BCUT2D eigenvalue weighted by molar-refractivity contribution is -1.92. The molecular formula is C16H21ClN2O6. The van der Waals surface area contributed by atoms with Gasteiger partial charge in [0.1, 0.15) is 5.82 Å². The summed E-state index contributed by atoms with van der Waals surface area (Å²) >= 11 is 0. The quantitative estimate of drug-likeness (QED) is 0.631. The van der Waals surface area contributed by atoms with E-state index in [1.54, 1.807) is 0 Å². The van der Waals surface area contributed by atoms with Gasteiger partial charge < -0.3 is 14.5 Å². The van der Waals surface area contributed by atoms with Crippen LogP contribution in [-0.2, 0) is 9.53 Å². The lowest BCUT2D eigenvalue weighted by Gasteiger charge is -2.33. The van der Waals surface area contributed by atoms with Crippen molar-refractivity contribution in [3.8, 4) is 0 Å². The van der Waals surface area contributed by atoms with Gasteiger partial charge in [-0.25, -0.2) is 4.79 Å². The molecule has 25 heavy (non-hydrogen) atoms. The van der Waals surface area contributed by atoms with E-state index in [2.05, 4.69) is 28.9 Å². The summed E-state index contributed by atoms with van der Waals surface area (Å²) < 4.78 is 38.0. The van der Waals surface area contributed by atoms with Gasteiger partial charge in [-0.2, -0.15) is 14.0 Å². The Labute approximate surface area is 148 Å². The third kappa shape index (κ3) is 4.42. The minimum absolute atomic E-state index is 0.181. The van der Waals surface area contributed by atoms with Gasteiger partial charge in [0, 0.05) is 13.6 Å². The largest absolute Gasteiger partial charge is 0.463 e. The average molecular weight is 373 g/mol. The summed E-state index contributed by atoms with van der Waals surface area (Å²) in [6.45, 7) is 5.31. The summed E-state index contributed by atoms with van der Waals surface area (Å²) in [4.78, 5) is 16.7. The fraction of sp³-hybridized carbons (Fsp3) is 0.438. The lowest BCUT2D eigenvalue weighted by Crippen LogP contribution is -2.58. The highest BCUT2D eigenvalue weighted by Crippen LogP contribution is 2.45. The van der Waals surface area contributed by atoms with Crippen LogP contribution in [0.1, 0.15) is 20.3 Å². The molecule has 2 aliphatic heterocycles. The fourth-order valence-electron chi connectivity index (χ4n) is 3.13. The molecule has 3 rings (SSSR count). The standard InChI is InChI=1S/C16H20N2O2.ClHO4/c1-4-20-16(19)14-11(2)9-10-18-13-8-6-5-7-12(13)17(3)15(14)18;2-1(3,4)5/h5-8,11H,4,9-10H2,1-3H3;(H,2,3,4,5). The maximum atomic E-state index is 12.3. The molecule has 9 heteroatoms. The zero-order valence-electron chi connectivity index (χ0n) is 14.3. The average Bonchev–Trinajstić information content (AvgIpc) is 2.79. The first-order valence-corrected chi connectivity index (χ1v) is 9.06. The van der Waals surface area contributed by atoms with Crippen LogP contribution in [0.5, 0.6) is 0 Å². The number of carbonyl (C=O) groups excluding carboxylic acids is 1. The van der Waals surface area contributed by atoms with E-state index in [0.29, 0.717) is 6.61 Å². The number of carbonyl (C=O) groups is 1. The van der Waals surface area contributed by atoms with E-state index in [9.17, 15) is 4.79 Å². The van der Waals surface area contributed by atoms with Crippen molar-refractivity contribution in [2.45, 2.75) is 20.3 Å². The van der Waals surface area contributed by atoms with E-state index in [4.69, 9.17) is 23.4 Å². The Morgan fingerprint density at radius 3 is 2.44 bits per heavy atom. The number of hydrogen-bond donors (Lipinski definition) is 1. The SMILES string of the molecule is CCOC(=O)C1=C2N(C)c3ccccc3N2CCC1C.[O-][Cl+3]([O-])([O-])O. The van der Waals surface area contributed by atoms with Crippen molar-refractivity contribution in [3.05, 3.63) is 35.7 Å². The Bertz CT molecular complexity index is 667. The van der Waals surface area contributed by atoms with E-state index in [1.165, 1.54) is 5.69 Å². The molecule has 1 N–H and O–H groups in total. The summed E-state index contributed by atoms with van der Waals surface area (Å²) in [7, 11) is -2.68. The number of nitrogens with zero attached hydrogens (tertiary/aromatic N) is 2. The van der Waals surface area contributed by atoms with Crippen LogP contribution < -0.4 is 23.8 Å². The molecule has 0 aliphatic carbocycles. The molecule has 0 fully saturated rings. The maximum absolute atomic E-state index is 12.3. The van der Waals surface area contributed by atoms with Crippen molar-refractivity contribution in [2.75, 3.05) is 30.0 Å². The van der Waals surface area contributed by atoms with Crippen LogP contribution in [0.2, 0.25) is 0 Å². The Morgan fingerprint density at radius 2 is 1.88 bits per heavy atom. The topological polar surface area (TPSA) is 122 Å². The first kappa shape index (κ1) is 19.5. The Hall–Kier alpha value is -1.84. The highest BCUT2D eigenvalue weighted by molar-refractivity contribution is 5.95. The van der Waals surface area contributed by atoms with Gasteiger partial charge in [0.2, 0.25) is 0 Å². The molecule has 0 saturated carbocycles. The molecule has 138 valence electrons. The number of hydrogen-bond acceptors (Lipinski definition) is 8. The molecular weight excluding hydrogens is 352 g/mol. The van der Waals surface area contributed by atoms with E-state index in [1.807, 2.05) is 26.1 Å². The molecule has 0 saturated heterocycles. The first-order valence-electron chi connectivity index (χ1n) is 7.80. The molecule has 1 aromatic rings. The second-order valence-corrected chi connectivity index (χ2v) is 6.53. The molecule has 1 atom stereocenters. The van der Waals surface area contributed by atoms with Crippen LogP contribution in [0.3, 0.4) is 0 Å². The molecule has 0 amide bonds. The van der Waals surface area contributed by atoms with Crippen LogP contribution in [-0.4, -0.2) is 30.8 Å². The molecule has 0 spiro atoms. The Balaban J connectivity index is 0.000000399. The van der Waals surface area contributed by atoms with E-state index >= 15 is 0 Å². The van der Waals surface area contributed by atoms with E-state index in [-0.39, 0.29) is 11.9 Å². The minimum atomic E-state index is -4.69. The highest BCUT2D eigenvalue weighted by atomic mass is 35.7. The van der Waals surface area contributed by atoms with Gasteiger partial charge in [-0.3, -0.25) is 0 Å². The van der Waals surface area contributed by atoms with Crippen molar-refractivity contribution in [2.24, 2.45) is 5.92 Å². The minimum Gasteiger partial charge on any atom is -0.463 e. The summed E-state index contributed by atoms with van der Waals surface area (Å²) in [6.07, 6.45) is 0.972. The number of benzene rings is 1. The van der Waals surface area contributed by atoms with Gasteiger partial charge in [-0.05, 0) is 31.4 Å². The number of halogens is 1. The number of rotatable bonds is 2. The zero-order chi connectivity index (χ0) is 18.8. The third-order valence-corrected chi connectivity index (χ3v) is 4.12. The predicted molar refractivity (Wildman–Crippen MR) is 81.8 cm³/mol. The van der Waals surface area contributed by atoms with Gasteiger partial charge in [-0.1, -0.05) is 19.1 Å². The Kier molecular flexibility index (Phi) is 5.91. The normalized spacial score (nSPS) is 19.1. The molecule has 0 bridgehead atoms. The number of esters is 1. The summed E-state index contributed by atoms with van der Waals surface area (Å²) in [6, 6.07) is 8.27. The predicted octanol–water partition coefficient (Wildman–Crippen LogP) is -1.37. The van der Waals surface area contributed by atoms with Gasteiger partial charge in [0.25, 0.3) is 0 Å². The maximum Gasteiger partial charge on any atom is 0.337 e. The van der Waals surface area contributed by atoms with E-state index < -0.39 is 10.2 Å². The van der Waals surface area contributed by atoms with Crippen LogP contribution in [0.15, 0.2) is 35.7 Å². The van der Waals surface area contributed by atoms with Crippen LogP contribution in [0, 0.1) is 16.2 Å². The number of fused-ring (bicyclic) bond motifs is 3. The van der Waals surface area contributed by atoms with Crippen LogP contribution in [0.25, 0.3) is 0 Å². The van der Waals surface area contributed by atoms with Crippen LogP contribution in [0.4, 0.5) is 11.4 Å².